The maximum atomic E-state index is 11.8. The Morgan fingerprint density at radius 2 is 1.79 bits per heavy atom. The molecule has 14 heavy (non-hydrogen) atoms. The van der Waals surface area contributed by atoms with E-state index in [1.807, 2.05) is 13.8 Å². The summed E-state index contributed by atoms with van der Waals surface area (Å²) in [5, 5.41) is -0.373. The predicted octanol–water partition coefficient (Wildman–Crippen LogP) is 1.08. The second-order valence-electron chi connectivity index (χ2n) is 3.60. The van der Waals surface area contributed by atoms with Crippen LogP contribution in [0.4, 0.5) is 0 Å². The summed E-state index contributed by atoms with van der Waals surface area (Å²) < 4.78 is 30.1. The van der Waals surface area contributed by atoms with Crippen LogP contribution in [0.5, 0.6) is 0 Å². The van der Waals surface area contributed by atoms with Crippen LogP contribution in [0.15, 0.2) is 0 Å². The van der Waals surface area contributed by atoms with Gasteiger partial charge in [-0.25, -0.2) is 8.42 Å². The van der Waals surface area contributed by atoms with Gasteiger partial charge in [0.25, 0.3) is 0 Å². The second kappa shape index (κ2) is 5.68. The van der Waals surface area contributed by atoms with Crippen molar-refractivity contribution in [3.05, 3.63) is 0 Å². The van der Waals surface area contributed by atoms with E-state index in [1.165, 1.54) is 4.31 Å². The molecular weight excluding hydrogens is 202 g/mol. The lowest BCUT2D eigenvalue weighted by molar-refractivity contribution is 0.142. The molecule has 0 heterocycles. The molecule has 1 atom stereocenters. The van der Waals surface area contributed by atoms with Gasteiger partial charge in [-0.15, -0.1) is 0 Å². The number of sulfonamides is 1. The molecule has 0 bridgehead atoms. The lowest BCUT2D eigenvalue weighted by Crippen LogP contribution is -2.44. The van der Waals surface area contributed by atoms with Gasteiger partial charge in [0.1, 0.15) is 0 Å². The van der Waals surface area contributed by atoms with Crippen molar-refractivity contribution in [2.75, 3.05) is 20.3 Å². The van der Waals surface area contributed by atoms with Crippen molar-refractivity contribution in [1.82, 2.24) is 4.31 Å². The van der Waals surface area contributed by atoms with Crippen LogP contribution in [0, 0.1) is 0 Å². The third kappa shape index (κ3) is 3.22. The molecule has 0 aliphatic rings. The first kappa shape index (κ1) is 13.9. The summed E-state index contributed by atoms with van der Waals surface area (Å²) in [6, 6.07) is -0.0996. The number of nitrogens with zero attached hydrogens (tertiary/aromatic N) is 1. The van der Waals surface area contributed by atoms with Gasteiger partial charge in [0.2, 0.25) is 10.0 Å². The standard InChI is InChI=1S/C9H21NO3S/c1-6-10(9(4)7-13-5)14(11,12)8(2)3/h8-9H,6-7H2,1-5H3. The van der Waals surface area contributed by atoms with Crippen LogP contribution in [-0.4, -0.2) is 44.3 Å². The molecule has 0 rings (SSSR count). The second-order valence-corrected chi connectivity index (χ2v) is 6.04. The zero-order chi connectivity index (χ0) is 11.4. The van der Waals surface area contributed by atoms with E-state index < -0.39 is 10.0 Å². The van der Waals surface area contributed by atoms with E-state index in [4.69, 9.17) is 4.74 Å². The van der Waals surface area contributed by atoms with E-state index in [1.54, 1.807) is 21.0 Å². The van der Waals surface area contributed by atoms with Crippen LogP contribution in [0.25, 0.3) is 0 Å². The summed E-state index contributed by atoms with van der Waals surface area (Å²) in [5.41, 5.74) is 0. The van der Waals surface area contributed by atoms with Crippen LogP contribution < -0.4 is 0 Å². The molecule has 1 unspecified atom stereocenters. The molecule has 0 saturated heterocycles. The zero-order valence-corrected chi connectivity index (χ0v) is 10.5. The summed E-state index contributed by atoms with van der Waals surface area (Å²) in [7, 11) is -1.58. The molecule has 0 aliphatic carbocycles. The summed E-state index contributed by atoms with van der Waals surface area (Å²) in [4.78, 5) is 0. The van der Waals surface area contributed by atoms with Crippen molar-refractivity contribution < 1.29 is 13.2 Å². The van der Waals surface area contributed by atoms with Crippen molar-refractivity contribution in [2.24, 2.45) is 0 Å². The Bertz CT molecular complexity index is 249. The smallest absolute Gasteiger partial charge is 0.216 e. The lowest BCUT2D eigenvalue weighted by Gasteiger charge is -2.28. The molecule has 0 aromatic heterocycles. The van der Waals surface area contributed by atoms with Crippen molar-refractivity contribution in [3.8, 4) is 0 Å². The van der Waals surface area contributed by atoms with Crippen molar-refractivity contribution in [1.29, 1.82) is 0 Å². The van der Waals surface area contributed by atoms with Crippen molar-refractivity contribution >= 4 is 10.0 Å². The number of hydrogen-bond acceptors (Lipinski definition) is 3. The monoisotopic (exact) mass is 223 g/mol. The minimum Gasteiger partial charge on any atom is -0.383 e. The van der Waals surface area contributed by atoms with Crippen LogP contribution in [0.1, 0.15) is 27.7 Å². The summed E-state index contributed by atoms with van der Waals surface area (Å²) >= 11 is 0. The maximum Gasteiger partial charge on any atom is 0.216 e. The maximum absolute atomic E-state index is 11.8. The Morgan fingerprint density at radius 3 is 2.07 bits per heavy atom. The van der Waals surface area contributed by atoms with E-state index in [-0.39, 0.29) is 11.3 Å². The quantitative estimate of drug-likeness (QED) is 0.677. The van der Waals surface area contributed by atoms with Crippen LogP contribution in [0.2, 0.25) is 0 Å². The highest BCUT2D eigenvalue weighted by Gasteiger charge is 2.28. The van der Waals surface area contributed by atoms with Crippen LogP contribution in [-0.2, 0) is 14.8 Å². The highest BCUT2D eigenvalue weighted by atomic mass is 32.2. The Hall–Kier alpha value is -0.130. The molecule has 0 aromatic rings. The number of likely N-dealkylation sites (N-methyl/N-ethyl adjacent to an activating group) is 1. The molecule has 0 aromatic carbocycles. The first-order valence-electron chi connectivity index (χ1n) is 4.87. The van der Waals surface area contributed by atoms with Gasteiger partial charge in [-0.1, -0.05) is 6.92 Å². The molecule has 0 fully saturated rings. The molecule has 0 radical (unpaired) electrons. The van der Waals surface area contributed by atoms with Gasteiger partial charge in [-0.3, -0.25) is 0 Å². The molecule has 0 N–H and O–H groups in total. The van der Waals surface area contributed by atoms with Gasteiger partial charge in [0.05, 0.1) is 11.9 Å². The Kier molecular flexibility index (Phi) is 5.63. The molecule has 86 valence electrons. The number of ether oxygens (including phenoxy) is 1. The van der Waals surface area contributed by atoms with Crippen LogP contribution in [0.3, 0.4) is 0 Å². The number of hydrogen-bond donors (Lipinski definition) is 0. The molecule has 0 spiro atoms. The Balaban J connectivity index is 4.72. The van der Waals surface area contributed by atoms with Crippen molar-refractivity contribution in [2.45, 2.75) is 39.0 Å². The summed E-state index contributed by atoms with van der Waals surface area (Å²) in [6.45, 7) is 8.00. The van der Waals surface area contributed by atoms with Gasteiger partial charge in [-0.2, -0.15) is 4.31 Å². The van der Waals surface area contributed by atoms with Gasteiger partial charge < -0.3 is 4.74 Å². The van der Waals surface area contributed by atoms with E-state index in [9.17, 15) is 8.42 Å². The van der Waals surface area contributed by atoms with Gasteiger partial charge >= 0.3 is 0 Å². The average molecular weight is 223 g/mol. The van der Waals surface area contributed by atoms with Gasteiger partial charge in [-0.05, 0) is 20.8 Å². The van der Waals surface area contributed by atoms with E-state index in [2.05, 4.69) is 0 Å². The number of rotatable bonds is 6. The Morgan fingerprint density at radius 1 is 1.29 bits per heavy atom. The molecule has 5 heteroatoms. The molecule has 4 nitrogen and oxygen atoms in total. The van der Waals surface area contributed by atoms with Crippen molar-refractivity contribution in [3.63, 3.8) is 0 Å². The predicted molar refractivity (Wildman–Crippen MR) is 57.8 cm³/mol. The average Bonchev–Trinajstić information content (AvgIpc) is 2.04. The van der Waals surface area contributed by atoms with E-state index in [0.717, 1.165) is 0 Å². The van der Waals surface area contributed by atoms with Crippen LogP contribution >= 0.6 is 0 Å². The third-order valence-corrected chi connectivity index (χ3v) is 4.60. The molecule has 0 amide bonds. The fourth-order valence-electron chi connectivity index (χ4n) is 1.34. The minimum atomic E-state index is -3.16. The Labute approximate surface area is 87.3 Å². The van der Waals surface area contributed by atoms with Gasteiger partial charge in [0.15, 0.2) is 0 Å². The third-order valence-electron chi connectivity index (χ3n) is 2.13. The first-order chi connectivity index (χ1) is 6.37. The minimum absolute atomic E-state index is 0.0996. The fraction of sp³-hybridized carbons (Fsp3) is 1.00. The molecule has 0 aliphatic heterocycles. The van der Waals surface area contributed by atoms with E-state index in [0.29, 0.717) is 13.2 Å². The SMILES string of the molecule is CCN(C(C)COC)S(=O)(=O)C(C)C. The molecular formula is C9H21NO3S. The topological polar surface area (TPSA) is 46.6 Å². The fourth-order valence-corrected chi connectivity index (χ4v) is 2.80. The normalized spacial score (nSPS) is 15.1. The van der Waals surface area contributed by atoms with Gasteiger partial charge in [0, 0.05) is 19.7 Å². The number of methoxy groups -OCH3 is 1. The highest BCUT2D eigenvalue weighted by Crippen LogP contribution is 2.12. The molecule has 0 saturated carbocycles. The summed E-state index contributed by atoms with van der Waals surface area (Å²) in [5.74, 6) is 0. The largest absolute Gasteiger partial charge is 0.383 e. The summed E-state index contributed by atoms with van der Waals surface area (Å²) in [6.07, 6.45) is 0. The zero-order valence-electron chi connectivity index (χ0n) is 9.65. The lowest BCUT2D eigenvalue weighted by atomic mass is 10.4. The van der Waals surface area contributed by atoms with E-state index >= 15 is 0 Å². The first-order valence-corrected chi connectivity index (χ1v) is 6.37. The highest BCUT2D eigenvalue weighted by molar-refractivity contribution is 7.89.